The molecule has 3 atom stereocenters. The predicted octanol–water partition coefficient (Wildman–Crippen LogP) is -1.41. The smallest absolute Gasteiger partial charge is 0.550 e. The van der Waals surface area contributed by atoms with E-state index in [1.54, 1.807) is 0 Å². The molecule has 1 aliphatic carbocycles. The molecule has 2 aromatic rings. The number of rotatable bonds is 3. The lowest BCUT2D eigenvalue weighted by Crippen LogP contribution is -2.40. The van der Waals surface area contributed by atoms with Crippen molar-refractivity contribution in [2.75, 3.05) is 0 Å². The summed E-state index contributed by atoms with van der Waals surface area (Å²) in [6.45, 7) is 0. The van der Waals surface area contributed by atoms with Crippen LogP contribution in [-0.2, 0) is 14.4 Å². The van der Waals surface area contributed by atoms with Gasteiger partial charge in [-0.25, -0.2) is 9.97 Å². The fourth-order valence-corrected chi connectivity index (χ4v) is 2.52. The van der Waals surface area contributed by atoms with Crippen molar-refractivity contribution in [2.45, 2.75) is 19.3 Å². The third-order valence-corrected chi connectivity index (χ3v) is 3.93. The number of carbonyl (C=O) groups excluding carboxylic acids is 1. The fourth-order valence-electron chi connectivity index (χ4n) is 2.52. The Morgan fingerprint density at radius 1 is 0.862 bits per heavy atom. The molecule has 1 aliphatic rings. The Hall–Kier alpha value is -3.83. The number of hydrogen-bond acceptors (Lipinski definition) is 8. The van der Waals surface area contributed by atoms with Gasteiger partial charge in [0.15, 0.2) is 0 Å². The maximum Gasteiger partial charge on any atom is 1.00 e. The standard InChI is InChI=1S/C9H12O6.2C4H4N2O/c10-7(11)4-1-5(8(12)13)3-6(2-4)9(14)15;2*7-4-1-2-5-3-6-4/h4-6H,1-3H2,(H,10,11)(H,12,13)(H,14,15);2*1-3H,(H,5,6,7). The first-order chi connectivity index (χ1) is 13.7. The second-order valence-corrected chi connectivity index (χ2v) is 6.00. The van der Waals surface area contributed by atoms with Crippen LogP contribution in [0, 0.1) is 17.8 Å². The minimum atomic E-state index is -1.37. The molecular weight excluding hydrogens is 388 g/mol. The Morgan fingerprint density at radius 2 is 1.24 bits per heavy atom. The third kappa shape index (κ3) is 9.08. The highest BCUT2D eigenvalue weighted by Gasteiger charge is 2.36. The summed E-state index contributed by atoms with van der Waals surface area (Å²) in [7, 11) is 0. The second-order valence-electron chi connectivity index (χ2n) is 6.00. The van der Waals surface area contributed by atoms with Gasteiger partial charge in [0.25, 0.3) is 11.1 Å². The van der Waals surface area contributed by atoms with Crippen molar-refractivity contribution in [3.63, 3.8) is 0 Å². The van der Waals surface area contributed by atoms with Gasteiger partial charge in [-0.05, 0) is 19.3 Å². The number of hydrogen-bond donors (Lipinski definition) is 4. The summed E-state index contributed by atoms with van der Waals surface area (Å²) < 4.78 is 0. The molecule has 0 aliphatic heterocycles. The summed E-state index contributed by atoms with van der Waals surface area (Å²) in [5.74, 6) is -6.43. The van der Waals surface area contributed by atoms with Crippen LogP contribution in [0.15, 0.2) is 46.8 Å². The molecule has 3 rings (SSSR count). The lowest BCUT2D eigenvalue weighted by Gasteiger charge is -2.31. The Kier molecular flexibility index (Phi) is 9.44. The molecule has 1 unspecified atom stereocenters. The number of carbonyl (C=O) groups is 3. The van der Waals surface area contributed by atoms with Crippen LogP contribution in [0.3, 0.4) is 0 Å². The molecule has 0 aromatic carbocycles. The topological polar surface area (TPSA) is 206 Å². The van der Waals surface area contributed by atoms with E-state index in [2.05, 4.69) is 19.9 Å². The van der Waals surface area contributed by atoms with Gasteiger partial charge in [0.05, 0.1) is 24.5 Å². The quantitative estimate of drug-likeness (QED) is 0.466. The van der Waals surface area contributed by atoms with E-state index < -0.39 is 35.7 Å². The summed E-state index contributed by atoms with van der Waals surface area (Å²) >= 11 is 0. The number of nitrogens with zero attached hydrogens (tertiary/aromatic N) is 2. The normalized spacial score (nSPS) is 20.1. The largest absolute Gasteiger partial charge is 1.00 e. The van der Waals surface area contributed by atoms with Gasteiger partial charge in [0.2, 0.25) is 0 Å². The molecule has 0 saturated heterocycles. The monoisotopic (exact) mass is 408 g/mol. The number of nitrogens with one attached hydrogen (secondary N) is 2. The van der Waals surface area contributed by atoms with Gasteiger partial charge < -0.3 is 30.1 Å². The van der Waals surface area contributed by atoms with E-state index in [1.165, 1.54) is 37.2 Å². The molecule has 12 heteroatoms. The number of aliphatic carboxylic acids is 3. The highest BCUT2D eigenvalue weighted by molar-refractivity contribution is 5.77. The first-order valence-electron chi connectivity index (χ1n) is 8.34. The lowest BCUT2D eigenvalue weighted by atomic mass is 9.75. The van der Waals surface area contributed by atoms with Gasteiger partial charge >= 0.3 is 13.4 Å². The molecule has 12 nitrogen and oxygen atoms in total. The van der Waals surface area contributed by atoms with Gasteiger partial charge in [-0.2, -0.15) is 0 Å². The summed E-state index contributed by atoms with van der Waals surface area (Å²) in [6, 6.07) is 2.72. The Morgan fingerprint density at radius 3 is 1.45 bits per heavy atom. The molecule has 4 N–H and O–H groups in total. The molecule has 156 valence electrons. The van der Waals surface area contributed by atoms with Crippen LogP contribution in [0.4, 0.5) is 0 Å². The summed E-state index contributed by atoms with van der Waals surface area (Å²) in [4.78, 5) is 64.2. The van der Waals surface area contributed by atoms with Crippen molar-refractivity contribution >= 4 is 17.9 Å². The molecule has 1 fully saturated rings. The molecule has 2 heterocycles. The first kappa shape index (κ1) is 23.2. The van der Waals surface area contributed by atoms with Gasteiger partial charge in [-0.3, -0.25) is 19.2 Å². The van der Waals surface area contributed by atoms with Crippen molar-refractivity contribution in [2.24, 2.45) is 17.8 Å². The highest BCUT2D eigenvalue weighted by atomic mass is 16.4. The zero-order chi connectivity index (χ0) is 21.8. The van der Waals surface area contributed by atoms with E-state index in [0.29, 0.717) is 0 Å². The zero-order valence-electron chi connectivity index (χ0n) is 16.1. The van der Waals surface area contributed by atoms with Crippen LogP contribution in [-0.4, -0.2) is 48.1 Å². The molecule has 0 radical (unpaired) electrons. The van der Waals surface area contributed by atoms with Crippen molar-refractivity contribution in [3.8, 4) is 0 Å². The van der Waals surface area contributed by atoms with E-state index in [9.17, 15) is 29.1 Å². The van der Waals surface area contributed by atoms with Crippen LogP contribution < -0.4 is 16.2 Å². The van der Waals surface area contributed by atoms with Crippen LogP contribution in [0.25, 0.3) is 0 Å². The van der Waals surface area contributed by atoms with Gasteiger partial charge in [0, 0.05) is 36.4 Å². The van der Waals surface area contributed by atoms with E-state index >= 15 is 0 Å². The molecule has 0 spiro atoms. The fraction of sp³-hybridized carbons (Fsp3) is 0.353. The Labute approximate surface area is 164 Å². The Balaban J connectivity index is 0.000000467. The summed E-state index contributed by atoms with van der Waals surface area (Å²) in [5, 5.41) is 28.1. The first-order valence-corrected chi connectivity index (χ1v) is 8.34. The van der Waals surface area contributed by atoms with E-state index in [0.717, 1.165) is 0 Å². The maximum atomic E-state index is 10.7. The molecule has 29 heavy (non-hydrogen) atoms. The van der Waals surface area contributed by atoms with E-state index in [4.69, 9.17) is 10.2 Å². The Bertz CT molecular complexity index is 798. The minimum absolute atomic E-state index is 0. The number of carboxylic acid groups (broad SMARTS) is 3. The van der Waals surface area contributed by atoms with Gasteiger partial charge in [-0.1, -0.05) is 0 Å². The van der Waals surface area contributed by atoms with Crippen molar-refractivity contribution in [3.05, 3.63) is 57.9 Å². The van der Waals surface area contributed by atoms with E-state index in [1.807, 2.05) is 0 Å². The molecule has 0 bridgehead atoms. The molecule has 1 saturated carbocycles. The van der Waals surface area contributed by atoms with Gasteiger partial charge in [0.1, 0.15) is 0 Å². The summed E-state index contributed by atoms with van der Waals surface area (Å²) in [5.41, 5.74) is -0.231. The molecular formula is C17H20N4O8. The molecule has 0 amide bonds. The number of carboxylic acids is 3. The van der Waals surface area contributed by atoms with Crippen LogP contribution in [0.2, 0.25) is 0 Å². The van der Waals surface area contributed by atoms with Crippen molar-refractivity contribution in [1.29, 1.82) is 0 Å². The third-order valence-electron chi connectivity index (χ3n) is 3.93. The average Bonchev–Trinajstić information content (AvgIpc) is 2.69. The molecule has 2 aromatic heterocycles. The van der Waals surface area contributed by atoms with Crippen molar-refractivity contribution in [1.82, 2.24) is 19.9 Å². The SMILES string of the molecule is O=C([O-])C1C[C@@H](C(=O)O)C[C@@H](C(=O)O)C1.O=c1ccnc[nH]1.O=c1ccnc[nH]1.[H+]. The van der Waals surface area contributed by atoms with Gasteiger partial charge in [-0.15, -0.1) is 0 Å². The van der Waals surface area contributed by atoms with E-state index in [-0.39, 0.29) is 31.8 Å². The van der Waals surface area contributed by atoms with Crippen molar-refractivity contribution < 1.29 is 31.1 Å². The zero-order valence-corrected chi connectivity index (χ0v) is 15.1. The summed E-state index contributed by atoms with van der Waals surface area (Å²) in [6.07, 6.45) is 5.50. The number of H-pyrrole nitrogens is 2. The van der Waals surface area contributed by atoms with Crippen LogP contribution in [0.5, 0.6) is 0 Å². The lowest BCUT2D eigenvalue weighted by molar-refractivity contribution is -0.313. The number of aromatic nitrogens is 4. The van der Waals surface area contributed by atoms with Crippen LogP contribution in [0.1, 0.15) is 20.7 Å². The van der Waals surface area contributed by atoms with Crippen LogP contribution >= 0.6 is 0 Å². The highest BCUT2D eigenvalue weighted by Crippen LogP contribution is 2.33. The maximum absolute atomic E-state index is 10.7. The number of aromatic amines is 2. The predicted molar refractivity (Wildman–Crippen MR) is 95.4 cm³/mol. The minimum Gasteiger partial charge on any atom is -0.550 e. The average molecular weight is 408 g/mol. The second kappa shape index (κ2) is 11.8.